The highest BCUT2D eigenvalue weighted by Crippen LogP contribution is 2.38. The molecule has 0 aromatic rings. The van der Waals surface area contributed by atoms with Crippen LogP contribution in [-0.2, 0) is 0 Å². The highest BCUT2D eigenvalue weighted by molar-refractivity contribution is 4.90. The van der Waals surface area contributed by atoms with Crippen LogP contribution >= 0.6 is 0 Å². The molecule has 2 atom stereocenters. The molecule has 0 radical (unpaired) electrons. The monoisotopic (exact) mass is 204 g/mol. The molecule has 0 aromatic carbocycles. The van der Waals surface area contributed by atoms with Gasteiger partial charge in [-0.15, -0.1) is 0 Å². The molecule has 0 bridgehead atoms. The fraction of sp³-hybridized carbons (Fsp3) is 1.00. The van der Waals surface area contributed by atoms with E-state index >= 15 is 0 Å². The Kier molecular flexibility index (Phi) is 2.75. The predicted molar refractivity (Wildman–Crippen MR) is 51.3 cm³/mol. The molecular formula is C10H18F2N2. The van der Waals surface area contributed by atoms with Gasteiger partial charge in [0.15, 0.2) is 0 Å². The lowest BCUT2D eigenvalue weighted by Gasteiger charge is -2.22. The quantitative estimate of drug-likeness (QED) is 0.751. The van der Waals surface area contributed by atoms with Gasteiger partial charge in [-0.2, -0.15) is 0 Å². The largest absolute Gasteiger partial charge is 0.325 e. The Morgan fingerprint density at radius 1 is 1.21 bits per heavy atom. The van der Waals surface area contributed by atoms with Crippen LogP contribution < -0.4 is 5.73 Å². The maximum Gasteiger partial charge on any atom is 0.272 e. The van der Waals surface area contributed by atoms with Crippen molar-refractivity contribution in [2.45, 2.75) is 25.2 Å². The van der Waals surface area contributed by atoms with Crippen molar-refractivity contribution in [2.75, 3.05) is 26.2 Å². The van der Waals surface area contributed by atoms with Crippen molar-refractivity contribution in [1.29, 1.82) is 0 Å². The Balaban J connectivity index is 1.84. The molecule has 4 heteroatoms. The average molecular weight is 204 g/mol. The molecule has 0 spiro atoms. The first-order valence-electron chi connectivity index (χ1n) is 5.41. The summed E-state index contributed by atoms with van der Waals surface area (Å²) < 4.78 is 26.0. The van der Waals surface area contributed by atoms with Gasteiger partial charge in [-0.1, -0.05) is 6.42 Å². The second-order valence-corrected chi connectivity index (χ2v) is 4.71. The van der Waals surface area contributed by atoms with Crippen LogP contribution in [0.15, 0.2) is 0 Å². The Morgan fingerprint density at radius 2 is 1.79 bits per heavy atom. The van der Waals surface area contributed by atoms with Gasteiger partial charge in [-0.3, -0.25) is 4.90 Å². The Hall–Kier alpha value is -0.220. The Morgan fingerprint density at radius 3 is 2.29 bits per heavy atom. The first-order chi connectivity index (χ1) is 6.61. The molecule has 2 aliphatic rings. The number of nitrogens with zero attached hydrogens (tertiary/aromatic N) is 1. The number of fused-ring (bicyclic) bond motifs is 1. The predicted octanol–water partition coefficient (Wildman–Crippen LogP) is 1.31. The van der Waals surface area contributed by atoms with Crippen LogP contribution in [0.1, 0.15) is 19.3 Å². The summed E-state index contributed by atoms with van der Waals surface area (Å²) in [4.78, 5) is 1.89. The fourth-order valence-corrected chi connectivity index (χ4v) is 2.85. The number of hydrogen-bond donors (Lipinski definition) is 1. The number of nitrogens with two attached hydrogens (primary N) is 1. The van der Waals surface area contributed by atoms with E-state index in [0.29, 0.717) is 11.8 Å². The molecule has 0 aromatic heterocycles. The maximum atomic E-state index is 13.0. The molecule has 1 aliphatic carbocycles. The van der Waals surface area contributed by atoms with E-state index in [4.69, 9.17) is 5.73 Å². The topological polar surface area (TPSA) is 29.3 Å². The van der Waals surface area contributed by atoms with E-state index in [2.05, 4.69) is 0 Å². The van der Waals surface area contributed by atoms with Crippen LogP contribution in [0.25, 0.3) is 0 Å². The van der Waals surface area contributed by atoms with Crippen molar-refractivity contribution >= 4 is 0 Å². The van der Waals surface area contributed by atoms with E-state index in [1.165, 1.54) is 19.3 Å². The van der Waals surface area contributed by atoms with Gasteiger partial charge in [0.1, 0.15) is 0 Å². The first-order valence-corrected chi connectivity index (χ1v) is 5.41. The van der Waals surface area contributed by atoms with Gasteiger partial charge >= 0.3 is 0 Å². The minimum atomic E-state index is -2.70. The molecule has 2 nitrogen and oxygen atoms in total. The van der Waals surface area contributed by atoms with Crippen molar-refractivity contribution in [1.82, 2.24) is 4.90 Å². The third-order valence-electron chi connectivity index (χ3n) is 3.56. The first kappa shape index (κ1) is 10.3. The summed E-state index contributed by atoms with van der Waals surface area (Å²) in [6.45, 7) is 1.05. The molecule has 14 heavy (non-hydrogen) atoms. The van der Waals surface area contributed by atoms with Crippen LogP contribution in [0.5, 0.6) is 0 Å². The fourth-order valence-electron chi connectivity index (χ4n) is 2.85. The van der Waals surface area contributed by atoms with Crippen LogP contribution in [0.4, 0.5) is 8.78 Å². The molecule has 1 heterocycles. The molecule has 2 N–H and O–H groups in total. The summed E-state index contributed by atoms with van der Waals surface area (Å²) >= 11 is 0. The number of hydrogen-bond acceptors (Lipinski definition) is 2. The SMILES string of the molecule is NCC(F)(F)CN1C[C@H]2CCC[C@H]2C1. The van der Waals surface area contributed by atoms with Gasteiger partial charge in [0, 0.05) is 13.1 Å². The Labute approximate surface area is 83.4 Å². The maximum absolute atomic E-state index is 13.0. The van der Waals surface area contributed by atoms with E-state index in [0.717, 1.165) is 13.1 Å². The third kappa shape index (κ3) is 2.06. The van der Waals surface area contributed by atoms with Crippen molar-refractivity contribution in [3.05, 3.63) is 0 Å². The minimum Gasteiger partial charge on any atom is -0.325 e. The van der Waals surface area contributed by atoms with Gasteiger partial charge in [-0.05, 0) is 24.7 Å². The molecule has 1 aliphatic heterocycles. The van der Waals surface area contributed by atoms with E-state index < -0.39 is 12.5 Å². The van der Waals surface area contributed by atoms with E-state index in [-0.39, 0.29) is 6.54 Å². The van der Waals surface area contributed by atoms with Crippen molar-refractivity contribution in [3.63, 3.8) is 0 Å². The highest BCUT2D eigenvalue weighted by atomic mass is 19.3. The van der Waals surface area contributed by atoms with Gasteiger partial charge in [0.25, 0.3) is 5.92 Å². The van der Waals surface area contributed by atoms with Crippen LogP contribution in [0, 0.1) is 11.8 Å². The molecule has 82 valence electrons. The molecule has 0 unspecified atom stereocenters. The number of alkyl halides is 2. The van der Waals surface area contributed by atoms with Crippen LogP contribution in [0.3, 0.4) is 0 Å². The standard InChI is InChI=1S/C10H18F2N2/c11-10(12,6-13)7-14-4-8-2-1-3-9(8)5-14/h8-9H,1-7,13H2/t8-,9+. The lowest BCUT2D eigenvalue weighted by atomic mass is 10.0. The lowest BCUT2D eigenvalue weighted by molar-refractivity contribution is -0.0197. The van der Waals surface area contributed by atoms with Gasteiger partial charge in [0.2, 0.25) is 0 Å². The van der Waals surface area contributed by atoms with Gasteiger partial charge in [-0.25, -0.2) is 8.78 Å². The number of halogens is 2. The third-order valence-corrected chi connectivity index (χ3v) is 3.56. The van der Waals surface area contributed by atoms with Crippen LogP contribution in [0.2, 0.25) is 0 Å². The minimum absolute atomic E-state index is 0.142. The van der Waals surface area contributed by atoms with Crippen molar-refractivity contribution in [2.24, 2.45) is 17.6 Å². The Bertz CT molecular complexity index is 196. The normalized spacial score (nSPS) is 33.6. The van der Waals surface area contributed by atoms with Gasteiger partial charge in [0.05, 0.1) is 13.1 Å². The van der Waals surface area contributed by atoms with Crippen molar-refractivity contribution < 1.29 is 8.78 Å². The summed E-state index contributed by atoms with van der Waals surface area (Å²) in [5, 5.41) is 0. The number of likely N-dealkylation sites (tertiary alicyclic amines) is 1. The molecular weight excluding hydrogens is 186 g/mol. The smallest absolute Gasteiger partial charge is 0.272 e. The van der Waals surface area contributed by atoms with E-state index in [1.807, 2.05) is 4.90 Å². The summed E-state index contributed by atoms with van der Waals surface area (Å²) in [5.41, 5.74) is 5.02. The molecule has 2 fully saturated rings. The summed E-state index contributed by atoms with van der Waals surface area (Å²) in [6, 6.07) is 0. The highest BCUT2D eigenvalue weighted by Gasteiger charge is 2.39. The molecule has 1 saturated carbocycles. The van der Waals surface area contributed by atoms with Gasteiger partial charge < -0.3 is 5.73 Å². The zero-order valence-corrected chi connectivity index (χ0v) is 8.38. The zero-order chi connectivity index (χ0) is 10.2. The molecule has 0 amide bonds. The van der Waals surface area contributed by atoms with E-state index in [1.54, 1.807) is 0 Å². The molecule has 1 saturated heterocycles. The zero-order valence-electron chi connectivity index (χ0n) is 8.38. The summed E-state index contributed by atoms with van der Waals surface area (Å²) in [7, 11) is 0. The molecule has 2 rings (SSSR count). The van der Waals surface area contributed by atoms with Crippen molar-refractivity contribution in [3.8, 4) is 0 Å². The summed E-state index contributed by atoms with van der Waals surface area (Å²) in [5.74, 6) is -1.33. The second-order valence-electron chi connectivity index (χ2n) is 4.71. The average Bonchev–Trinajstić information content (AvgIpc) is 2.63. The van der Waals surface area contributed by atoms with Crippen LogP contribution in [-0.4, -0.2) is 37.0 Å². The number of rotatable bonds is 3. The lowest BCUT2D eigenvalue weighted by Crippen LogP contribution is -2.41. The van der Waals surface area contributed by atoms with E-state index in [9.17, 15) is 8.78 Å². The second kappa shape index (κ2) is 3.74. The summed E-state index contributed by atoms with van der Waals surface area (Å²) in [6.07, 6.45) is 3.75.